The van der Waals surface area contributed by atoms with Crippen molar-refractivity contribution in [1.29, 1.82) is 0 Å². The van der Waals surface area contributed by atoms with Crippen molar-refractivity contribution >= 4 is 21.7 Å². The van der Waals surface area contributed by atoms with Gasteiger partial charge >= 0.3 is 5.97 Å². The van der Waals surface area contributed by atoms with Gasteiger partial charge in [0.25, 0.3) is 10.0 Å². The molecule has 128 valence electrons. The molecule has 7 nitrogen and oxygen atoms in total. The standard InChI is InChI=1S/C17H15N3O4S/c21-16(22)15-11-18-17(20(15)12-13-7-3-1-4-8-13)25(23,24)19-14-9-5-2-6-10-14/h1-11,19H,12H2,(H,21,22). The zero-order chi connectivity index (χ0) is 17.9. The van der Waals surface area contributed by atoms with Gasteiger partial charge in [-0.3, -0.25) is 4.72 Å². The molecule has 2 N–H and O–H groups in total. The molecule has 0 atom stereocenters. The van der Waals surface area contributed by atoms with Gasteiger partial charge in [0.05, 0.1) is 12.7 Å². The molecule has 0 fully saturated rings. The minimum atomic E-state index is -4.04. The van der Waals surface area contributed by atoms with Gasteiger partial charge in [-0.2, -0.15) is 8.42 Å². The molecule has 0 bridgehead atoms. The Labute approximate surface area is 144 Å². The van der Waals surface area contributed by atoms with Crippen molar-refractivity contribution in [2.75, 3.05) is 4.72 Å². The molecule has 1 heterocycles. The second kappa shape index (κ2) is 6.78. The van der Waals surface area contributed by atoms with Gasteiger partial charge in [-0.05, 0) is 17.7 Å². The van der Waals surface area contributed by atoms with Crippen molar-refractivity contribution in [1.82, 2.24) is 9.55 Å². The molecule has 0 aliphatic carbocycles. The first kappa shape index (κ1) is 16.7. The van der Waals surface area contributed by atoms with Gasteiger partial charge < -0.3 is 9.67 Å². The van der Waals surface area contributed by atoms with E-state index in [0.29, 0.717) is 5.69 Å². The summed E-state index contributed by atoms with van der Waals surface area (Å²) in [6.45, 7) is 0.0769. The van der Waals surface area contributed by atoms with Crippen LogP contribution < -0.4 is 4.72 Å². The van der Waals surface area contributed by atoms with E-state index in [2.05, 4.69) is 9.71 Å². The maximum absolute atomic E-state index is 12.7. The Morgan fingerprint density at radius 1 is 1.04 bits per heavy atom. The molecule has 8 heteroatoms. The first-order chi connectivity index (χ1) is 12.0. The number of para-hydroxylation sites is 1. The van der Waals surface area contributed by atoms with E-state index in [1.165, 1.54) is 4.57 Å². The molecule has 2 aromatic carbocycles. The maximum Gasteiger partial charge on any atom is 0.354 e. The number of hydrogen-bond donors (Lipinski definition) is 2. The highest BCUT2D eigenvalue weighted by atomic mass is 32.2. The van der Waals surface area contributed by atoms with Crippen molar-refractivity contribution in [2.45, 2.75) is 11.7 Å². The first-order valence-corrected chi connectivity index (χ1v) is 8.86. The lowest BCUT2D eigenvalue weighted by Gasteiger charge is -2.12. The number of rotatable bonds is 6. The Hall–Kier alpha value is -3.13. The summed E-state index contributed by atoms with van der Waals surface area (Å²) < 4.78 is 28.9. The largest absolute Gasteiger partial charge is 0.477 e. The SMILES string of the molecule is O=C(O)c1cnc(S(=O)(=O)Nc2ccccc2)n1Cc1ccccc1. The lowest BCUT2D eigenvalue weighted by atomic mass is 10.2. The summed E-state index contributed by atoms with van der Waals surface area (Å²) in [5, 5.41) is 8.99. The van der Waals surface area contributed by atoms with Crippen LogP contribution in [0.4, 0.5) is 5.69 Å². The van der Waals surface area contributed by atoms with Crippen LogP contribution in [0, 0.1) is 0 Å². The number of carboxylic acids is 1. The Balaban J connectivity index is 2.02. The highest BCUT2D eigenvalue weighted by Crippen LogP contribution is 2.18. The van der Waals surface area contributed by atoms with E-state index < -0.39 is 16.0 Å². The highest BCUT2D eigenvalue weighted by molar-refractivity contribution is 7.92. The number of carbonyl (C=O) groups is 1. The number of sulfonamides is 1. The Morgan fingerprint density at radius 2 is 1.64 bits per heavy atom. The van der Waals surface area contributed by atoms with Crippen LogP contribution in [0.5, 0.6) is 0 Å². The van der Waals surface area contributed by atoms with Crippen LogP contribution in [0.1, 0.15) is 16.1 Å². The summed E-state index contributed by atoms with van der Waals surface area (Å²) in [5.74, 6) is -1.25. The van der Waals surface area contributed by atoms with Gasteiger partial charge in [0.15, 0.2) is 0 Å². The fraction of sp³-hybridized carbons (Fsp3) is 0.0588. The van der Waals surface area contributed by atoms with Crippen LogP contribution in [-0.2, 0) is 16.6 Å². The quantitative estimate of drug-likeness (QED) is 0.705. The van der Waals surface area contributed by atoms with Crippen molar-refractivity contribution in [3.8, 4) is 0 Å². The van der Waals surface area contributed by atoms with Crippen molar-refractivity contribution in [3.05, 3.63) is 78.1 Å². The Kier molecular flexibility index (Phi) is 4.53. The molecule has 0 amide bonds. The molecule has 3 rings (SSSR count). The topological polar surface area (TPSA) is 101 Å². The molecule has 25 heavy (non-hydrogen) atoms. The third kappa shape index (κ3) is 3.69. The number of nitrogens with zero attached hydrogens (tertiary/aromatic N) is 2. The number of hydrogen-bond acceptors (Lipinski definition) is 4. The van der Waals surface area contributed by atoms with Gasteiger partial charge in [0.1, 0.15) is 5.69 Å². The van der Waals surface area contributed by atoms with Crippen LogP contribution in [0.15, 0.2) is 72.0 Å². The van der Waals surface area contributed by atoms with Crippen LogP contribution >= 0.6 is 0 Å². The van der Waals surface area contributed by atoms with Gasteiger partial charge in [0, 0.05) is 5.69 Å². The number of aromatic nitrogens is 2. The van der Waals surface area contributed by atoms with Crippen LogP contribution in [0.2, 0.25) is 0 Å². The molecule has 0 spiro atoms. The molecule has 0 aliphatic heterocycles. The van der Waals surface area contributed by atoms with E-state index in [4.69, 9.17) is 0 Å². The summed E-state index contributed by atoms with van der Waals surface area (Å²) in [5.41, 5.74) is 0.935. The Bertz CT molecular complexity index is 983. The summed E-state index contributed by atoms with van der Waals surface area (Å²) in [6.07, 6.45) is 1.05. The second-order valence-electron chi connectivity index (χ2n) is 5.27. The minimum Gasteiger partial charge on any atom is -0.477 e. The van der Waals surface area contributed by atoms with E-state index >= 15 is 0 Å². The zero-order valence-corrected chi connectivity index (χ0v) is 13.8. The maximum atomic E-state index is 12.7. The predicted octanol–water partition coefficient (Wildman–Crippen LogP) is 2.43. The molecule has 0 saturated heterocycles. The summed E-state index contributed by atoms with van der Waals surface area (Å²) in [6, 6.07) is 17.3. The molecule has 0 radical (unpaired) electrons. The minimum absolute atomic E-state index is 0.0769. The van der Waals surface area contributed by atoms with Crippen LogP contribution in [0.25, 0.3) is 0 Å². The van der Waals surface area contributed by atoms with Gasteiger partial charge in [0.2, 0.25) is 5.16 Å². The van der Waals surface area contributed by atoms with Gasteiger partial charge in [-0.25, -0.2) is 9.78 Å². The number of benzene rings is 2. The van der Waals surface area contributed by atoms with Crippen molar-refractivity contribution < 1.29 is 18.3 Å². The Morgan fingerprint density at radius 3 is 2.24 bits per heavy atom. The van der Waals surface area contributed by atoms with E-state index in [1.54, 1.807) is 54.6 Å². The lowest BCUT2D eigenvalue weighted by molar-refractivity contribution is 0.0684. The molecule has 3 aromatic rings. The summed E-state index contributed by atoms with van der Waals surface area (Å²) in [4.78, 5) is 15.3. The van der Waals surface area contributed by atoms with Gasteiger partial charge in [-0.1, -0.05) is 48.5 Å². The summed E-state index contributed by atoms with van der Waals surface area (Å²) in [7, 11) is -4.04. The second-order valence-corrected chi connectivity index (χ2v) is 6.85. The number of nitrogens with one attached hydrogen (secondary N) is 1. The fourth-order valence-corrected chi connectivity index (χ4v) is 3.55. The van der Waals surface area contributed by atoms with Crippen LogP contribution in [0.3, 0.4) is 0 Å². The molecule has 0 unspecified atom stereocenters. The van der Waals surface area contributed by atoms with E-state index in [1.807, 2.05) is 6.07 Å². The van der Waals surface area contributed by atoms with Crippen LogP contribution in [-0.4, -0.2) is 29.0 Å². The molecular weight excluding hydrogens is 342 g/mol. The monoisotopic (exact) mass is 357 g/mol. The number of carboxylic acid groups (broad SMARTS) is 1. The van der Waals surface area contributed by atoms with E-state index in [9.17, 15) is 18.3 Å². The lowest BCUT2D eigenvalue weighted by Crippen LogP contribution is -2.21. The number of imidazole rings is 1. The van der Waals surface area contributed by atoms with Crippen molar-refractivity contribution in [3.63, 3.8) is 0 Å². The third-order valence-corrected chi connectivity index (χ3v) is 4.80. The van der Waals surface area contributed by atoms with Gasteiger partial charge in [-0.15, -0.1) is 0 Å². The predicted molar refractivity (Wildman–Crippen MR) is 92.0 cm³/mol. The van der Waals surface area contributed by atoms with Crippen molar-refractivity contribution in [2.24, 2.45) is 0 Å². The average Bonchev–Trinajstić information content (AvgIpc) is 3.01. The fourth-order valence-electron chi connectivity index (χ4n) is 2.37. The third-order valence-electron chi connectivity index (χ3n) is 3.49. The molecular formula is C17H15N3O4S. The number of anilines is 1. The highest BCUT2D eigenvalue weighted by Gasteiger charge is 2.26. The molecule has 0 saturated carbocycles. The first-order valence-electron chi connectivity index (χ1n) is 7.38. The summed E-state index contributed by atoms with van der Waals surface area (Å²) >= 11 is 0. The molecule has 1 aromatic heterocycles. The number of aromatic carboxylic acids is 1. The van der Waals surface area contributed by atoms with E-state index in [0.717, 1.165) is 11.8 Å². The smallest absolute Gasteiger partial charge is 0.354 e. The molecule has 0 aliphatic rings. The average molecular weight is 357 g/mol. The van der Waals surface area contributed by atoms with E-state index in [-0.39, 0.29) is 17.4 Å². The normalized spacial score (nSPS) is 11.2. The zero-order valence-electron chi connectivity index (χ0n) is 13.0.